The molecule has 0 aliphatic heterocycles. The number of nitrogens with one attached hydrogen (secondary N) is 1. The Balaban J connectivity index is 2.20. The van der Waals surface area contributed by atoms with Gasteiger partial charge in [-0.3, -0.25) is 4.79 Å². The largest absolute Gasteiger partial charge is 0.507 e. The Hall–Kier alpha value is -2.43. The van der Waals surface area contributed by atoms with Gasteiger partial charge in [0.15, 0.2) is 0 Å². The lowest BCUT2D eigenvalue weighted by atomic mass is 10.1. The van der Waals surface area contributed by atoms with E-state index in [2.05, 4.69) is 5.32 Å². The molecule has 21 heavy (non-hydrogen) atoms. The van der Waals surface area contributed by atoms with Gasteiger partial charge in [0.1, 0.15) is 17.4 Å². The Morgan fingerprint density at radius 3 is 2.57 bits per heavy atom. The maximum atomic E-state index is 13.7. The molecule has 0 fully saturated rings. The zero-order valence-electron chi connectivity index (χ0n) is 11.7. The zero-order valence-corrected chi connectivity index (χ0v) is 11.7. The third-order valence-electron chi connectivity index (χ3n) is 3.17. The molecule has 1 atom stereocenters. The quantitative estimate of drug-likeness (QED) is 0.909. The first-order chi connectivity index (χ1) is 9.88. The lowest BCUT2D eigenvalue weighted by molar-refractivity contribution is 0.0936. The van der Waals surface area contributed by atoms with Crippen molar-refractivity contribution in [2.75, 3.05) is 0 Å². The molecule has 2 aromatic rings. The average Bonchev–Trinajstić information content (AvgIpc) is 2.41. The van der Waals surface area contributed by atoms with Crippen molar-refractivity contribution < 1.29 is 18.7 Å². The molecule has 0 aliphatic carbocycles. The van der Waals surface area contributed by atoms with Crippen molar-refractivity contribution >= 4 is 5.91 Å². The molecular formula is C16H15F2NO2. The summed E-state index contributed by atoms with van der Waals surface area (Å²) in [5, 5.41) is 12.3. The van der Waals surface area contributed by atoms with E-state index in [9.17, 15) is 18.7 Å². The molecule has 2 aromatic carbocycles. The Morgan fingerprint density at radius 1 is 1.19 bits per heavy atom. The summed E-state index contributed by atoms with van der Waals surface area (Å²) < 4.78 is 26.5. The molecule has 110 valence electrons. The van der Waals surface area contributed by atoms with Crippen LogP contribution in [0.2, 0.25) is 0 Å². The predicted molar refractivity (Wildman–Crippen MR) is 75.1 cm³/mol. The third-order valence-corrected chi connectivity index (χ3v) is 3.17. The van der Waals surface area contributed by atoms with Gasteiger partial charge in [-0.05, 0) is 32.0 Å². The van der Waals surface area contributed by atoms with Gasteiger partial charge in [0.05, 0.1) is 11.6 Å². The highest BCUT2D eigenvalue weighted by Gasteiger charge is 2.17. The molecule has 0 radical (unpaired) electrons. The number of amides is 1. The summed E-state index contributed by atoms with van der Waals surface area (Å²) in [5.41, 5.74) is 1.11. The molecule has 0 saturated heterocycles. The third kappa shape index (κ3) is 3.37. The van der Waals surface area contributed by atoms with Crippen LogP contribution in [0.5, 0.6) is 5.75 Å². The van der Waals surface area contributed by atoms with Crippen molar-refractivity contribution in [1.82, 2.24) is 5.32 Å². The second-order valence-electron chi connectivity index (χ2n) is 4.88. The molecule has 0 heterocycles. The predicted octanol–water partition coefficient (Wildman–Crippen LogP) is 3.47. The summed E-state index contributed by atoms with van der Waals surface area (Å²) in [5.74, 6) is -2.07. The highest BCUT2D eigenvalue weighted by molar-refractivity contribution is 5.97. The SMILES string of the molecule is Cc1ccc(O)c(C(=O)N[C@H](C)c2ccc(F)cc2F)c1. The second-order valence-corrected chi connectivity index (χ2v) is 4.88. The lowest BCUT2D eigenvalue weighted by Gasteiger charge is -2.16. The minimum absolute atomic E-state index is 0.115. The van der Waals surface area contributed by atoms with Crippen LogP contribution in [0.15, 0.2) is 36.4 Å². The van der Waals surface area contributed by atoms with E-state index < -0.39 is 23.6 Å². The van der Waals surface area contributed by atoms with Crippen LogP contribution in [0.3, 0.4) is 0 Å². The fraction of sp³-hybridized carbons (Fsp3) is 0.188. The number of benzene rings is 2. The van der Waals surface area contributed by atoms with E-state index in [0.717, 1.165) is 17.7 Å². The van der Waals surface area contributed by atoms with Crippen LogP contribution in [0.1, 0.15) is 34.5 Å². The van der Waals surface area contributed by atoms with Crippen molar-refractivity contribution in [3.8, 4) is 5.75 Å². The lowest BCUT2D eigenvalue weighted by Crippen LogP contribution is -2.27. The first-order valence-electron chi connectivity index (χ1n) is 6.44. The van der Waals surface area contributed by atoms with Gasteiger partial charge < -0.3 is 10.4 Å². The Labute approximate surface area is 121 Å². The number of aryl methyl sites for hydroxylation is 1. The van der Waals surface area contributed by atoms with Gasteiger partial charge in [-0.25, -0.2) is 8.78 Å². The van der Waals surface area contributed by atoms with Crippen LogP contribution >= 0.6 is 0 Å². The molecule has 0 unspecified atom stereocenters. The molecule has 1 amide bonds. The number of carbonyl (C=O) groups excluding carboxylic acids is 1. The fourth-order valence-corrected chi connectivity index (χ4v) is 2.04. The maximum absolute atomic E-state index is 13.7. The number of carbonyl (C=O) groups is 1. The normalized spacial score (nSPS) is 12.0. The molecular weight excluding hydrogens is 276 g/mol. The fourth-order valence-electron chi connectivity index (χ4n) is 2.04. The van der Waals surface area contributed by atoms with E-state index in [-0.39, 0.29) is 16.9 Å². The Bertz CT molecular complexity index is 686. The van der Waals surface area contributed by atoms with E-state index in [1.165, 1.54) is 12.1 Å². The number of hydrogen-bond donors (Lipinski definition) is 2. The number of hydrogen-bond acceptors (Lipinski definition) is 2. The van der Waals surface area contributed by atoms with Gasteiger partial charge in [-0.1, -0.05) is 17.7 Å². The van der Waals surface area contributed by atoms with Crippen LogP contribution in [-0.4, -0.2) is 11.0 Å². The van der Waals surface area contributed by atoms with Crippen LogP contribution in [0, 0.1) is 18.6 Å². The zero-order chi connectivity index (χ0) is 15.6. The van der Waals surface area contributed by atoms with Gasteiger partial charge in [0.2, 0.25) is 0 Å². The number of aromatic hydroxyl groups is 1. The molecule has 0 aliphatic rings. The monoisotopic (exact) mass is 291 g/mol. The molecule has 5 heteroatoms. The molecule has 0 aromatic heterocycles. The topological polar surface area (TPSA) is 49.3 Å². The molecule has 0 spiro atoms. The van der Waals surface area contributed by atoms with E-state index in [1.807, 2.05) is 0 Å². The number of halogens is 2. The number of phenols is 1. The van der Waals surface area contributed by atoms with E-state index in [0.29, 0.717) is 0 Å². The van der Waals surface area contributed by atoms with Crippen molar-refractivity contribution in [1.29, 1.82) is 0 Å². The molecule has 2 rings (SSSR count). The van der Waals surface area contributed by atoms with E-state index >= 15 is 0 Å². The minimum Gasteiger partial charge on any atom is -0.507 e. The van der Waals surface area contributed by atoms with Crippen LogP contribution in [-0.2, 0) is 0 Å². The van der Waals surface area contributed by atoms with Crippen LogP contribution in [0.25, 0.3) is 0 Å². The molecule has 0 saturated carbocycles. The number of phenolic OH excluding ortho intramolecular Hbond substituents is 1. The standard InChI is InChI=1S/C16H15F2NO2/c1-9-3-6-15(20)13(7-9)16(21)19-10(2)12-5-4-11(17)8-14(12)18/h3-8,10,20H,1-2H3,(H,19,21)/t10-/m1/s1. The Morgan fingerprint density at radius 2 is 1.90 bits per heavy atom. The van der Waals surface area contributed by atoms with E-state index in [1.54, 1.807) is 26.0 Å². The molecule has 0 bridgehead atoms. The Kier molecular flexibility index (Phi) is 4.21. The minimum atomic E-state index is -0.726. The molecule has 2 N–H and O–H groups in total. The second kappa shape index (κ2) is 5.91. The summed E-state index contributed by atoms with van der Waals surface area (Å²) in [6.45, 7) is 3.38. The average molecular weight is 291 g/mol. The highest BCUT2D eigenvalue weighted by atomic mass is 19.1. The van der Waals surface area contributed by atoms with Crippen molar-refractivity contribution in [2.45, 2.75) is 19.9 Å². The highest BCUT2D eigenvalue weighted by Crippen LogP contribution is 2.21. The summed E-state index contributed by atoms with van der Waals surface area (Å²) in [6, 6.07) is 7.16. The van der Waals surface area contributed by atoms with Gasteiger partial charge in [0, 0.05) is 11.6 Å². The van der Waals surface area contributed by atoms with Gasteiger partial charge >= 0.3 is 0 Å². The number of rotatable bonds is 3. The summed E-state index contributed by atoms with van der Waals surface area (Å²) >= 11 is 0. The van der Waals surface area contributed by atoms with Gasteiger partial charge in [0.25, 0.3) is 5.91 Å². The van der Waals surface area contributed by atoms with Crippen molar-refractivity contribution in [2.24, 2.45) is 0 Å². The first-order valence-corrected chi connectivity index (χ1v) is 6.44. The van der Waals surface area contributed by atoms with Crippen LogP contribution < -0.4 is 5.32 Å². The maximum Gasteiger partial charge on any atom is 0.255 e. The van der Waals surface area contributed by atoms with Crippen molar-refractivity contribution in [3.05, 3.63) is 64.7 Å². The first kappa shape index (κ1) is 15.0. The van der Waals surface area contributed by atoms with Gasteiger partial charge in [-0.2, -0.15) is 0 Å². The van der Waals surface area contributed by atoms with E-state index in [4.69, 9.17) is 0 Å². The van der Waals surface area contributed by atoms with Crippen molar-refractivity contribution in [3.63, 3.8) is 0 Å². The summed E-state index contributed by atoms with van der Waals surface area (Å²) in [4.78, 5) is 12.1. The summed E-state index contributed by atoms with van der Waals surface area (Å²) in [7, 11) is 0. The summed E-state index contributed by atoms with van der Waals surface area (Å²) in [6.07, 6.45) is 0. The van der Waals surface area contributed by atoms with Crippen LogP contribution in [0.4, 0.5) is 8.78 Å². The van der Waals surface area contributed by atoms with Gasteiger partial charge in [-0.15, -0.1) is 0 Å². The smallest absolute Gasteiger partial charge is 0.255 e. The molecule has 3 nitrogen and oxygen atoms in total.